The highest BCUT2D eigenvalue weighted by molar-refractivity contribution is 9.10. The van der Waals surface area contributed by atoms with Crippen molar-refractivity contribution < 1.29 is 18.4 Å². The predicted octanol–water partition coefficient (Wildman–Crippen LogP) is 10.9. The van der Waals surface area contributed by atoms with Crippen LogP contribution in [-0.2, 0) is 9.63 Å². The van der Waals surface area contributed by atoms with Crippen LogP contribution in [0.2, 0.25) is 0 Å². The summed E-state index contributed by atoms with van der Waals surface area (Å²) in [5, 5.41) is 3.40. The Kier molecular flexibility index (Phi) is 10.4. The number of hydrogen-bond acceptors (Lipinski definition) is 2. The van der Waals surface area contributed by atoms with Crippen molar-refractivity contribution in [2.24, 2.45) is 0 Å². The number of benzene rings is 4. The molecule has 8 heteroatoms. The zero-order valence-electron chi connectivity index (χ0n) is 27.3. The number of aromatic nitrogens is 2. The van der Waals surface area contributed by atoms with Gasteiger partial charge in [0.1, 0.15) is 11.6 Å². The molecule has 0 N–H and O–H groups in total. The van der Waals surface area contributed by atoms with E-state index in [0.717, 1.165) is 48.5 Å². The maximum absolute atomic E-state index is 13.4. The van der Waals surface area contributed by atoms with Gasteiger partial charge in [-0.05, 0) is 97.2 Å². The van der Waals surface area contributed by atoms with Crippen LogP contribution in [0.1, 0.15) is 45.5 Å². The van der Waals surface area contributed by atoms with Crippen molar-refractivity contribution in [1.29, 1.82) is 0 Å². The highest BCUT2D eigenvalue weighted by atomic mass is 79.9. The minimum Gasteiger partial charge on any atom is -0.338 e. The third kappa shape index (κ3) is 6.94. The van der Waals surface area contributed by atoms with E-state index in [9.17, 15) is 13.6 Å². The summed E-state index contributed by atoms with van der Waals surface area (Å²) in [6.07, 6.45) is 3.29. The molecular formula is C39H38BrF2N3O2. The molecule has 0 fully saturated rings. The van der Waals surface area contributed by atoms with E-state index >= 15 is 0 Å². The third-order valence-corrected chi connectivity index (χ3v) is 8.84. The number of likely N-dealkylation sites (N-methyl/N-ethyl adjacent to an activating group) is 1. The molecule has 0 aliphatic rings. The number of nitrogens with zero attached hydrogens (tertiary/aromatic N) is 3. The first-order valence-corrected chi connectivity index (χ1v) is 16.3. The first-order chi connectivity index (χ1) is 22.5. The van der Waals surface area contributed by atoms with Gasteiger partial charge >= 0.3 is 0 Å². The maximum Gasteiger partial charge on any atom is 0.269 e. The number of fused-ring (bicyclic) bond motifs is 2. The molecular weight excluding hydrogens is 660 g/mol. The fraction of sp³-hybridized carbons (Fsp3) is 0.205. The van der Waals surface area contributed by atoms with Crippen molar-refractivity contribution in [1.82, 2.24) is 14.2 Å². The zero-order valence-corrected chi connectivity index (χ0v) is 28.9. The third-order valence-electron chi connectivity index (χ3n) is 8.07. The van der Waals surface area contributed by atoms with Crippen molar-refractivity contribution in [2.45, 2.75) is 39.8 Å². The van der Waals surface area contributed by atoms with Crippen LogP contribution in [0.15, 0.2) is 108 Å². The van der Waals surface area contributed by atoms with E-state index in [1.807, 2.05) is 42.5 Å². The van der Waals surface area contributed by atoms with Crippen molar-refractivity contribution in [3.63, 3.8) is 0 Å². The Morgan fingerprint density at radius 3 is 1.66 bits per heavy atom. The van der Waals surface area contributed by atoms with Crippen LogP contribution in [-0.4, -0.2) is 34.3 Å². The average Bonchev–Trinajstić information content (AvgIpc) is 3.56. The normalized spacial score (nSPS) is 11.6. The van der Waals surface area contributed by atoms with Crippen molar-refractivity contribution in [3.05, 3.63) is 125 Å². The van der Waals surface area contributed by atoms with Crippen LogP contribution in [0.25, 0.3) is 50.1 Å². The number of carbonyl (C=O) groups is 1. The molecule has 6 aromatic rings. The van der Waals surface area contributed by atoms with Crippen molar-refractivity contribution >= 4 is 49.7 Å². The lowest BCUT2D eigenvalue weighted by molar-refractivity contribution is -0.162. The van der Waals surface area contributed by atoms with E-state index in [4.69, 9.17) is 4.84 Å². The number of rotatable bonds is 7. The first-order valence-electron chi connectivity index (χ1n) is 15.5. The van der Waals surface area contributed by atoms with Crippen LogP contribution in [0, 0.1) is 11.6 Å². The van der Waals surface area contributed by atoms with Crippen LogP contribution < -0.4 is 0 Å². The lowest BCUT2D eigenvalue weighted by Crippen LogP contribution is -2.23. The maximum atomic E-state index is 13.4. The second-order valence-corrected chi connectivity index (χ2v) is 12.5. The second-order valence-electron chi connectivity index (χ2n) is 11.8. The lowest BCUT2D eigenvalue weighted by Gasteiger charge is -2.14. The lowest BCUT2D eigenvalue weighted by atomic mass is 10.0. The smallest absolute Gasteiger partial charge is 0.269 e. The minimum absolute atomic E-state index is 0.180. The molecule has 2 aromatic heterocycles. The fourth-order valence-corrected chi connectivity index (χ4v) is 6.94. The molecule has 0 saturated carbocycles. The highest BCUT2D eigenvalue weighted by Crippen LogP contribution is 2.40. The highest BCUT2D eigenvalue weighted by Gasteiger charge is 2.20. The summed E-state index contributed by atoms with van der Waals surface area (Å²) in [4.78, 5) is 17.1. The Morgan fingerprint density at radius 2 is 1.17 bits per heavy atom. The van der Waals surface area contributed by atoms with Crippen LogP contribution in [0.3, 0.4) is 0 Å². The Morgan fingerprint density at radius 1 is 0.723 bits per heavy atom. The number of hydrogen-bond donors (Lipinski definition) is 0. The second kappa shape index (κ2) is 14.5. The monoisotopic (exact) mass is 697 g/mol. The van der Waals surface area contributed by atoms with Gasteiger partial charge < -0.3 is 9.13 Å². The summed E-state index contributed by atoms with van der Waals surface area (Å²) in [5.74, 6) is -0.749. The molecule has 5 nitrogen and oxygen atoms in total. The van der Waals surface area contributed by atoms with E-state index in [1.165, 1.54) is 48.4 Å². The Hall–Kier alpha value is -4.53. The average molecular weight is 699 g/mol. The summed E-state index contributed by atoms with van der Waals surface area (Å²) in [5.41, 5.74) is 7.18. The summed E-state index contributed by atoms with van der Waals surface area (Å²) in [7, 11) is 3.01. The number of carbonyl (C=O) groups excluding carboxylic acids is 1. The van der Waals surface area contributed by atoms with Gasteiger partial charge in [0, 0.05) is 58.1 Å². The molecule has 47 heavy (non-hydrogen) atoms. The Bertz CT molecular complexity index is 2040. The van der Waals surface area contributed by atoms with E-state index < -0.39 is 0 Å². The van der Waals surface area contributed by atoms with Crippen LogP contribution in [0.4, 0.5) is 8.78 Å². The van der Waals surface area contributed by atoms with E-state index in [2.05, 4.69) is 71.0 Å². The molecule has 1 amide bonds. The van der Waals surface area contributed by atoms with Gasteiger partial charge in [0.2, 0.25) is 0 Å². The number of halogens is 3. The van der Waals surface area contributed by atoms with Gasteiger partial charge in [0.15, 0.2) is 0 Å². The molecule has 4 aromatic carbocycles. The van der Waals surface area contributed by atoms with Crippen LogP contribution >= 0.6 is 15.9 Å². The Balaban J connectivity index is 0.000000193. The molecule has 0 atom stereocenters. The molecule has 0 unspecified atom stereocenters. The minimum atomic E-state index is -0.277. The first kappa shape index (κ1) is 33.8. The van der Waals surface area contributed by atoms with Gasteiger partial charge in [-0.15, -0.1) is 0 Å². The fourth-order valence-electron chi connectivity index (χ4n) is 5.90. The summed E-state index contributed by atoms with van der Waals surface area (Å²) < 4.78 is 32.1. The van der Waals surface area contributed by atoms with Crippen molar-refractivity contribution in [3.8, 4) is 22.3 Å². The molecule has 0 saturated heterocycles. The molecule has 0 bridgehead atoms. The standard InChI is InChI=1S/C22H23FN2O2.C17H15BrFN/c1-15(2)25-19-8-6-5-7-18(19)22(16-9-11-17(23)12-10-16)20(25)13-14-21(26)24(3)27-4;1-11(2)20-15-6-4-3-5-14(15)16(17(20)18)12-7-9-13(19)10-8-12/h5-15H,1-4H3;3-11H,1-2H3/b14-13+;. The SMILES string of the molecule is CC(C)n1c(Br)c(-c2ccc(F)cc2)c2ccccc21.CON(C)C(=O)/C=C/c1c(-c2ccc(F)cc2)c2ccccc2n1C(C)C. The topological polar surface area (TPSA) is 39.4 Å². The van der Waals surface area contributed by atoms with Gasteiger partial charge in [0.05, 0.1) is 17.4 Å². The van der Waals surface area contributed by atoms with Gasteiger partial charge in [-0.3, -0.25) is 9.63 Å². The molecule has 0 aliphatic carbocycles. The van der Waals surface area contributed by atoms with Gasteiger partial charge in [-0.2, -0.15) is 0 Å². The number of hydroxylamine groups is 2. The molecule has 0 radical (unpaired) electrons. The summed E-state index contributed by atoms with van der Waals surface area (Å²) in [6, 6.07) is 30.0. The molecule has 0 aliphatic heterocycles. The molecule has 6 rings (SSSR count). The summed E-state index contributed by atoms with van der Waals surface area (Å²) >= 11 is 3.72. The van der Waals surface area contributed by atoms with Gasteiger partial charge in [0.25, 0.3) is 5.91 Å². The van der Waals surface area contributed by atoms with E-state index in [1.54, 1.807) is 25.3 Å². The molecule has 2 heterocycles. The van der Waals surface area contributed by atoms with E-state index in [-0.39, 0.29) is 23.6 Å². The van der Waals surface area contributed by atoms with Crippen molar-refractivity contribution in [2.75, 3.05) is 14.2 Å². The largest absolute Gasteiger partial charge is 0.338 e. The van der Waals surface area contributed by atoms with Gasteiger partial charge in [-0.1, -0.05) is 60.7 Å². The zero-order chi connectivity index (χ0) is 33.8. The number of amides is 1. The quantitative estimate of drug-likeness (QED) is 0.123. The van der Waals surface area contributed by atoms with E-state index in [0.29, 0.717) is 6.04 Å². The molecule has 0 spiro atoms. The number of para-hydroxylation sites is 2. The predicted molar refractivity (Wildman–Crippen MR) is 192 cm³/mol. The van der Waals surface area contributed by atoms with Gasteiger partial charge in [-0.25, -0.2) is 13.8 Å². The molecule has 242 valence electrons. The summed E-state index contributed by atoms with van der Waals surface area (Å²) in [6.45, 7) is 8.51. The van der Waals surface area contributed by atoms with Crippen LogP contribution in [0.5, 0.6) is 0 Å². The Labute approximate surface area is 282 Å².